The summed E-state index contributed by atoms with van der Waals surface area (Å²) in [6.07, 6.45) is 2.18. The second-order valence-corrected chi connectivity index (χ2v) is 6.46. The van der Waals surface area contributed by atoms with Crippen molar-refractivity contribution < 1.29 is 4.42 Å². The Bertz CT molecular complexity index is 766. The van der Waals surface area contributed by atoms with Gasteiger partial charge >= 0.3 is 0 Å². The number of benzene rings is 2. The van der Waals surface area contributed by atoms with Gasteiger partial charge in [-0.3, -0.25) is 0 Å². The molecule has 2 aromatic carbocycles. The maximum atomic E-state index is 6.22. The van der Waals surface area contributed by atoms with E-state index >= 15 is 0 Å². The number of halogens is 1. The highest BCUT2D eigenvalue weighted by Crippen LogP contribution is 2.29. The average molecular weight is 340 g/mol. The number of hydrogen-bond acceptors (Lipinski definition) is 2. The normalized spacial score (nSPS) is 12.2. The summed E-state index contributed by atoms with van der Waals surface area (Å²) in [5.74, 6) is 1.74. The van der Waals surface area contributed by atoms with Gasteiger partial charge in [-0.15, -0.1) is 0 Å². The van der Waals surface area contributed by atoms with Crippen LogP contribution in [-0.2, 0) is 13.0 Å². The van der Waals surface area contributed by atoms with Crippen LogP contribution < -0.4 is 5.32 Å². The summed E-state index contributed by atoms with van der Waals surface area (Å²) < 4.78 is 5.92. The topological polar surface area (TPSA) is 25.2 Å². The predicted octanol–water partition coefficient (Wildman–Crippen LogP) is 5.71. The zero-order valence-corrected chi connectivity index (χ0v) is 14.6. The van der Waals surface area contributed by atoms with Crippen molar-refractivity contribution in [3.63, 3.8) is 0 Å². The molecule has 3 heteroatoms. The second kappa shape index (κ2) is 8.18. The molecule has 0 aliphatic carbocycles. The van der Waals surface area contributed by atoms with Crippen molar-refractivity contribution in [3.8, 4) is 11.3 Å². The number of hydrogen-bond donors (Lipinski definition) is 1. The van der Waals surface area contributed by atoms with Gasteiger partial charge in [-0.25, -0.2) is 0 Å². The van der Waals surface area contributed by atoms with Crippen LogP contribution in [0, 0.1) is 0 Å². The molecule has 0 spiro atoms. The molecule has 1 atom stereocenters. The molecule has 3 rings (SSSR count). The number of aryl methyl sites for hydroxylation is 1. The highest BCUT2D eigenvalue weighted by atomic mass is 35.5. The number of nitrogens with one attached hydrogen (secondary N) is 1. The molecule has 1 unspecified atom stereocenters. The van der Waals surface area contributed by atoms with Crippen LogP contribution in [0.1, 0.15) is 24.7 Å². The first kappa shape index (κ1) is 16.8. The van der Waals surface area contributed by atoms with Gasteiger partial charge in [-0.1, -0.05) is 54.1 Å². The smallest absolute Gasteiger partial charge is 0.135 e. The zero-order valence-electron chi connectivity index (χ0n) is 13.8. The Hall–Kier alpha value is -2.03. The van der Waals surface area contributed by atoms with Crippen molar-refractivity contribution in [3.05, 3.63) is 83.1 Å². The van der Waals surface area contributed by atoms with Gasteiger partial charge in [0.1, 0.15) is 11.5 Å². The molecule has 0 fully saturated rings. The lowest BCUT2D eigenvalue weighted by atomic mass is 10.1. The van der Waals surface area contributed by atoms with Gasteiger partial charge in [0.25, 0.3) is 0 Å². The molecule has 0 amide bonds. The quantitative estimate of drug-likeness (QED) is 0.596. The van der Waals surface area contributed by atoms with Crippen molar-refractivity contribution >= 4 is 11.6 Å². The van der Waals surface area contributed by atoms with Gasteiger partial charge in [-0.2, -0.15) is 0 Å². The fraction of sp³-hybridized carbons (Fsp3) is 0.238. The first-order chi connectivity index (χ1) is 11.7. The third kappa shape index (κ3) is 4.50. The largest absolute Gasteiger partial charge is 0.460 e. The lowest BCUT2D eigenvalue weighted by Gasteiger charge is -2.12. The Labute approximate surface area is 148 Å². The molecule has 24 heavy (non-hydrogen) atoms. The molecule has 0 saturated heterocycles. The Kier molecular flexibility index (Phi) is 5.73. The lowest BCUT2D eigenvalue weighted by Crippen LogP contribution is -2.25. The molecule has 1 aromatic heterocycles. The summed E-state index contributed by atoms with van der Waals surface area (Å²) >= 11 is 6.22. The fourth-order valence-electron chi connectivity index (χ4n) is 2.68. The molecule has 1 heterocycles. The minimum absolute atomic E-state index is 0.430. The van der Waals surface area contributed by atoms with Crippen LogP contribution in [-0.4, -0.2) is 6.04 Å². The molecule has 3 aromatic rings. The van der Waals surface area contributed by atoms with Crippen LogP contribution in [0.5, 0.6) is 0 Å². The third-order valence-electron chi connectivity index (χ3n) is 4.13. The van der Waals surface area contributed by atoms with E-state index in [9.17, 15) is 0 Å². The summed E-state index contributed by atoms with van der Waals surface area (Å²) in [6.45, 7) is 2.93. The van der Waals surface area contributed by atoms with Gasteiger partial charge in [0, 0.05) is 11.6 Å². The fourth-order valence-corrected chi connectivity index (χ4v) is 2.91. The number of rotatable bonds is 7. The maximum Gasteiger partial charge on any atom is 0.135 e. The van der Waals surface area contributed by atoms with Crippen LogP contribution >= 0.6 is 11.6 Å². The molecule has 0 radical (unpaired) electrons. The molecule has 0 aliphatic rings. The van der Waals surface area contributed by atoms with Crippen molar-refractivity contribution in [1.29, 1.82) is 0 Å². The van der Waals surface area contributed by atoms with Gasteiger partial charge in [-0.05, 0) is 49.6 Å². The highest BCUT2D eigenvalue weighted by molar-refractivity contribution is 6.33. The molecule has 0 aliphatic heterocycles. The minimum Gasteiger partial charge on any atom is -0.460 e. The Morgan fingerprint density at radius 3 is 2.50 bits per heavy atom. The van der Waals surface area contributed by atoms with Crippen LogP contribution in [0.15, 0.2) is 71.1 Å². The van der Waals surface area contributed by atoms with E-state index < -0.39 is 0 Å². The Balaban J connectivity index is 1.51. The molecular weight excluding hydrogens is 318 g/mol. The maximum absolute atomic E-state index is 6.22. The molecule has 0 saturated carbocycles. The summed E-state index contributed by atoms with van der Waals surface area (Å²) in [6, 6.07) is 22.7. The standard InChI is InChI=1S/C21H22ClNO/c1-16(11-12-17-7-3-2-4-8-17)23-15-18-13-14-21(24-18)19-9-5-6-10-20(19)22/h2-10,13-14,16,23H,11-12,15H2,1H3. The van der Waals surface area contributed by atoms with E-state index in [1.54, 1.807) is 0 Å². The first-order valence-electron chi connectivity index (χ1n) is 8.33. The van der Waals surface area contributed by atoms with E-state index in [1.165, 1.54) is 5.56 Å². The van der Waals surface area contributed by atoms with E-state index in [1.807, 2.05) is 36.4 Å². The molecule has 1 N–H and O–H groups in total. The van der Waals surface area contributed by atoms with Gasteiger partial charge in [0.05, 0.1) is 11.6 Å². The van der Waals surface area contributed by atoms with Crippen molar-refractivity contribution in [2.75, 3.05) is 0 Å². The third-order valence-corrected chi connectivity index (χ3v) is 4.46. The summed E-state index contributed by atoms with van der Waals surface area (Å²) in [5.41, 5.74) is 2.31. The van der Waals surface area contributed by atoms with Crippen LogP contribution in [0.25, 0.3) is 11.3 Å². The minimum atomic E-state index is 0.430. The summed E-state index contributed by atoms with van der Waals surface area (Å²) in [4.78, 5) is 0. The van der Waals surface area contributed by atoms with Crippen molar-refractivity contribution in [2.24, 2.45) is 0 Å². The van der Waals surface area contributed by atoms with E-state index in [2.05, 4.69) is 42.6 Å². The summed E-state index contributed by atoms with van der Waals surface area (Å²) in [7, 11) is 0. The lowest BCUT2D eigenvalue weighted by molar-refractivity contribution is 0.449. The van der Waals surface area contributed by atoms with Gasteiger partial charge < -0.3 is 9.73 Å². The van der Waals surface area contributed by atoms with E-state index in [0.29, 0.717) is 11.1 Å². The van der Waals surface area contributed by atoms with Crippen molar-refractivity contribution in [2.45, 2.75) is 32.4 Å². The SMILES string of the molecule is CC(CCc1ccccc1)NCc1ccc(-c2ccccc2Cl)o1. The number of furan rings is 1. The van der Waals surface area contributed by atoms with E-state index in [-0.39, 0.29) is 0 Å². The predicted molar refractivity (Wildman–Crippen MR) is 100 cm³/mol. The molecule has 2 nitrogen and oxygen atoms in total. The van der Waals surface area contributed by atoms with Crippen molar-refractivity contribution in [1.82, 2.24) is 5.32 Å². The van der Waals surface area contributed by atoms with E-state index in [0.717, 1.165) is 36.5 Å². The zero-order chi connectivity index (χ0) is 16.8. The molecule has 124 valence electrons. The Morgan fingerprint density at radius 1 is 0.958 bits per heavy atom. The second-order valence-electron chi connectivity index (χ2n) is 6.05. The van der Waals surface area contributed by atoms with Gasteiger partial charge in [0.15, 0.2) is 0 Å². The Morgan fingerprint density at radius 2 is 1.71 bits per heavy atom. The van der Waals surface area contributed by atoms with Crippen LogP contribution in [0.3, 0.4) is 0 Å². The molecule has 0 bridgehead atoms. The average Bonchev–Trinajstić information content (AvgIpc) is 3.08. The van der Waals surface area contributed by atoms with Gasteiger partial charge in [0.2, 0.25) is 0 Å². The van der Waals surface area contributed by atoms with Crippen LogP contribution in [0.4, 0.5) is 0 Å². The first-order valence-corrected chi connectivity index (χ1v) is 8.71. The molecular formula is C21H22ClNO. The summed E-state index contributed by atoms with van der Waals surface area (Å²) in [5, 5.41) is 4.23. The highest BCUT2D eigenvalue weighted by Gasteiger charge is 2.09. The van der Waals surface area contributed by atoms with E-state index in [4.69, 9.17) is 16.0 Å². The van der Waals surface area contributed by atoms with Crippen LogP contribution in [0.2, 0.25) is 5.02 Å². The monoisotopic (exact) mass is 339 g/mol.